The van der Waals surface area contributed by atoms with Crippen LogP contribution in [0.1, 0.15) is 138 Å². The Labute approximate surface area is 310 Å². The van der Waals surface area contributed by atoms with Gasteiger partial charge in [0.05, 0.1) is 29.6 Å². The van der Waals surface area contributed by atoms with E-state index in [0.29, 0.717) is 5.41 Å². The SMILES string of the molecule is CC(=O)C(C(C)C)C(C(=O)O)C(C)C.CC(C)C(C(=O)O)C(C(=O)O)C(C)C.CC(C)C1C(=O)OC(=O)C1C(C)C.CC(C)CC(C)(C)C(C)C. The summed E-state index contributed by atoms with van der Waals surface area (Å²) in [6.07, 6.45) is 1.34. The van der Waals surface area contributed by atoms with E-state index >= 15 is 0 Å². The van der Waals surface area contributed by atoms with Gasteiger partial charge in [-0.1, -0.05) is 125 Å². The third kappa shape index (κ3) is 18.5. The molecule has 1 rings (SSSR count). The highest BCUT2D eigenvalue weighted by Crippen LogP contribution is 2.35. The van der Waals surface area contributed by atoms with E-state index in [1.54, 1.807) is 27.7 Å². The summed E-state index contributed by atoms with van der Waals surface area (Å²) < 4.78 is 4.63. The smallest absolute Gasteiger partial charge is 0.317 e. The normalized spacial score (nSPS) is 18.5. The van der Waals surface area contributed by atoms with Crippen LogP contribution in [0.2, 0.25) is 0 Å². The number of carbonyl (C=O) groups is 6. The van der Waals surface area contributed by atoms with Crippen molar-refractivity contribution in [2.75, 3.05) is 0 Å². The maximum Gasteiger partial charge on any atom is 0.317 e. The lowest BCUT2D eigenvalue weighted by Gasteiger charge is -2.30. The number of esters is 2. The van der Waals surface area contributed by atoms with Crippen LogP contribution < -0.4 is 0 Å². The van der Waals surface area contributed by atoms with Gasteiger partial charge in [-0.15, -0.1) is 0 Å². The second-order valence-electron chi connectivity index (χ2n) is 17.7. The van der Waals surface area contributed by atoms with Crippen LogP contribution in [0.25, 0.3) is 0 Å². The Morgan fingerprint density at radius 1 is 0.549 bits per heavy atom. The van der Waals surface area contributed by atoms with Crippen molar-refractivity contribution >= 4 is 35.6 Å². The second-order valence-corrected chi connectivity index (χ2v) is 17.7. The van der Waals surface area contributed by atoms with Crippen molar-refractivity contribution in [3.8, 4) is 0 Å². The summed E-state index contributed by atoms with van der Waals surface area (Å²) in [5.41, 5.74) is 0.522. The summed E-state index contributed by atoms with van der Waals surface area (Å²) in [5.74, 6) is -4.98. The Bertz CT molecular complexity index is 978. The lowest BCUT2D eigenvalue weighted by molar-refractivity contribution is -0.157. The number of carbonyl (C=O) groups excluding carboxylic acids is 3. The summed E-state index contributed by atoms with van der Waals surface area (Å²) in [7, 11) is 0. The predicted molar refractivity (Wildman–Crippen MR) is 203 cm³/mol. The number of Topliss-reactive ketones (excluding diaryl/α,β-unsaturated/α-hetero) is 1. The van der Waals surface area contributed by atoms with Crippen LogP contribution >= 0.6 is 0 Å². The maximum atomic E-state index is 11.4. The van der Waals surface area contributed by atoms with E-state index in [1.165, 1.54) is 13.3 Å². The number of cyclic esters (lactones) is 2. The highest BCUT2D eigenvalue weighted by molar-refractivity contribution is 5.96. The molecule has 1 saturated heterocycles. The van der Waals surface area contributed by atoms with Gasteiger partial charge in [0.25, 0.3) is 0 Å². The summed E-state index contributed by atoms with van der Waals surface area (Å²) in [5, 5.41) is 27.0. The monoisotopic (exact) mass is 729 g/mol. The molecule has 0 saturated carbocycles. The molecule has 0 aliphatic carbocycles. The Morgan fingerprint density at radius 2 is 0.804 bits per heavy atom. The number of hydrogen-bond acceptors (Lipinski definition) is 7. The lowest BCUT2D eigenvalue weighted by Crippen LogP contribution is -2.36. The van der Waals surface area contributed by atoms with E-state index in [2.05, 4.69) is 46.3 Å². The summed E-state index contributed by atoms with van der Waals surface area (Å²) in [6.45, 7) is 37.6. The molecule has 10 heteroatoms. The minimum Gasteiger partial charge on any atom is -0.481 e. The minimum absolute atomic E-state index is 0.0104. The first-order valence-corrected chi connectivity index (χ1v) is 18.8. The molecule has 6 unspecified atom stereocenters. The zero-order valence-electron chi connectivity index (χ0n) is 35.5. The summed E-state index contributed by atoms with van der Waals surface area (Å²) in [6, 6.07) is 0. The topological polar surface area (TPSA) is 172 Å². The van der Waals surface area contributed by atoms with Crippen molar-refractivity contribution in [1.29, 1.82) is 0 Å². The van der Waals surface area contributed by atoms with Gasteiger partial charge >= 0.3 is 29.8 Å². The van der Waals surface area contributed by atoms with Gasteiger partial charge in [0, 0.05) is 5.92 Å². The van der Waals surface area contributed by atoms with E-state index in [1.807, 2.05) is 55.4 Å². The fraction of sp³-hybridized carbons (Fsp3) is 0.854. The Hall–Kier alpha value is -2.78. The van der Waals surface area contributed by atoms with Gasteiger partial charge in [-0.05, 0) is 66.1 Å². The molecule has 0 amide bonds. The van der Waals surface area contributed by atoms with E-state index < -0.39 is 35.7 Å². The zero-order chi connectivity index (χ0) is 41.5. The third-order valence-electron chi connectivity index (χ3n) is 10.0. The number of rotatable bonds is 15. The highest BCUT2D eigenvalue weighted by Gasteiger charge is 2.47. The highest BCUT2D eigenvalue weighted by atomic mass is 16.6. The number of aliphatic carboxylic acids is 3. The van der Waals surface area contributed by atoms with E-state index in [-0.39, 0.29) is 71.0 Å². The third-order valence-corrected chi connectivity index (χ3v) is 10.0. The van der Waals surface area contributed by atoms with Gasteiger partial charge < -0.3 is 20.1 Å². The predicted octanol–water partition coefficient (Wildman–Crippen LogP) is 9.23. The molecule has 1 fully saturated rings. The molecule has 300 valence electrons. The number of carboxylic acids is 3. The summed E-state index contributed by atoms with van der Waals surface area (Å²) >= 11 is 0. The van der Waals surface area contributed by atoms with Crippen molar-refractivity contribution in [3.05, 3.63) is 0 Å². The fourth-order valence-electron chi connectivity index (χ4n) is 6.89. The largest absolute Gasteiger partial charge is 0.481 e. The molecule has 1 aliphatic rings. The minimum atomic E-state index is -1.03. The van der Waals surface area contributed by atoms with Crippen LogP contribution in [0.3, 0.4) is 0 Å². The molecule has 0 radical (unpaired) electrons. The van der Waals surface area contributed by atoms with Crippen LogP contribution in [0.5, 0.6) is 0 Å². The molecule has 0 aromatic heterocycles. The zero-order valence-corrected chi connectivity index (χ0v) is 35.5. The molecule has 1 aliphatic heterocycles. The fourth-order valence-corrected chi connectivity index (χ4v) is 6.89. The van der Waals surface area contributed by atoms with Crippen LogP contribution in [0.15, 0.2) is 0 Å². The van der Waals surface area contributed by atoms with Gasteiger partial charge in [-0.25, -0.2) is 0 Å². The summed E-state index contributed by atoms with van der Waals surface area (Å²) in [4.78, 5) is 66.9. The number of carboxylic acid groups (broad SMARTS) is 3. The molecular weight excluding hydrogens is 652 g/mol. The van der Waals surface area contributed by atoms with Crippen molar-refractivity contribution in [2.24, 2.45) is 88.3 Å². The van der Waals surface area contributed by atoms with Crippen LogP contribution in [0, 0.1) is 88.3 Å². The molecule has 0 aromatic carbocycles. The van der Waals surface area contributed by atoms with Crippen molar-refractivity contribution in [3.63, 3.8) is 0 Å². The lowest BCUT2D eigenvalue weighted by atomic mass is 9.75. The Balaban J connectivity index is -0.000000607. The van der Waals surface area contributed by atoms with E-state index in [4.69, 9.17) is 15.3 Å². The molecule has 0 spiro atoms. The number of ketones is 1. The Morgan fingerprint density at radius 3 is 0.922 bits per heavy atom. The standard InChI is InChI=1S/C11H20O3.C10H18O4.C10H16O3.C10H22/c1-6(2)9(8(5)12)10(7(3)4)11(13)14;1-5(2)7(9(11)12)8(6(3)4)10(13)14;1-5(2)7-8(6(3)4)10(12)13-9(7)11;1-8(2)7-10(5,6)9(3)4/h6-7,9-10H,1-5H3,(H,13,14);5-8H,1-4H3,(H,11,12)(H,13,14);5-8H,1-4H3;8-9H,7H2,1-6H3. The van der Waals surface area contributed by atoms with Crippen molar-refractivity contribution in [1.82, 2.24) is 0 Å². The van der Waals surface area contributed by atoms with Crippen LogP contribution in [-0.2, 0) is 33.5 Å². The van der Waals surface area contributed by atoms with Gasteiger partial charge in [0.2, 0.25) is 0 Å². The molecule has 1 heterocycles. The van der Waals surface area contributed by atoms with Crippen LogP contribution in [0.4, 0.5) is 0 Å². The number of ether oxygens (including phenoxy) is 1. The quantitative estimate of drug-likeness (QED) is 0.109. The van der Waals surface area contributed by atoms with Crippen LogP contribution in [-0.4, -0.2) is 50.9 Å². The van der Waals surface area contributed by atoms with Crippen molar-refractivity contribution in [2.45, 2.75) is 138 Å². The first-order chi connectivity index (χ1) is 22.9. The van der Waals surface area contributed by atoms with E-state index in [0.717, 1.165) is 11.8 Å². The van der Waals surface area contributed by atoms with E-state index in [9.17, 15) is 28.8 Å². The molecule has 3 N–H and O–H groups in total. The molecular formula is C41H76O10. The average Bonchev–Trinajstić information content (AvgIpc) is 3.22. The van der Waals surface area contributed by atoms with Crippen molar-refractivity contribution < 1.29 is 48.8 Å². The first kappa shape index (κ1) is 52.6. The second kappa shape index (κ2) is 23.7. The maximum absolute atomic E-state index is 11.4. The van der Waals surface area contributed by atoms with Gasteiger partial charge in [0.1, 0.15) is 5.78 Å². The molecule has 6 atom stereocenters. The van der Waals surface area contributed by atoms with Gasteiger partial charge in [-0.2, -0.15) is 0 Å². The van der Waals surface area contributed by atoms with Gasteiger partial charge in [-0.3, -0.25) is 28.8 Å². The molecule has 0 aromatic rings. The molecule has 10 nitrogen and oxygen atoms in total. The molecule has 51 heavy (non-hydrogen) atoms. The number of hydrogen-bond donors (Lipinski definition) is 3. The Kier molecular flexibility index (Phi) is 24.4. The first-order valence-electron chi connectivity index (χ1n) is 18.8. The molecule has 0 bridgehead atoms. The average molecular weight is 729 g/mol. The van der Waals surface area contributed by atoms with Gasteiger partial charge in [0.15, 0.2) is 0 Å².